The molecule has 1 rings (SSSR count). The van der Waals surface area contributed by atoms with Crippen LogP contribution in [0.25, 0.3) is 0 Å². The Morgan fingerprint density at radius 3 is 2.30 bits per heavy atom. The van der Waals surface area contributed by atoms with E-state index in [1.807, 2.05) is 5.32 Å². The fraction of sp³-hybridized carbons (Fsp3) is 0.125. The second kappa shape index (κ2) is 9.46. The molecule has 0 aliphatic carbocycles. The molecule has 3 atom stereocenters. The number of amides is 1. The van der Waals surface area contributed by atoms with Crippen molar-refractivity contribution in [1.29, 1.82) is 0 Å². The van der Waals surface area contributed by atoms with Gasteiger partial charge in [0.2, 0.25) is 0 Å². The van der Waals surface area contributed by atoms with Crippen LogP contribution < -0.4 is 45.5 Å². The summed E-state index contributed by atoms with van der Waals surface area (Å²) in [6.45, 7) is 0. The van der Waals surface area contributed by atoms with E-state index in [4.69, 9.17) is 10.6 Å². The van der Waals surface area contributed by atoms with Gasteiger partial charge in [0, 0.05) is 15.8 Å². The van der Waals surface area contributed by atoms with Gasteiger partial charge < -0.3 is 10.6 Å². The number of benzene rings is 1. The summed E-state index contributed by atoms with van der Waals surface area (Å²) in [5.41, 5.74) is 6.00. The van der Waals surface area contributed by atoms with E-state index in [1.165, 1.54) is 24.3 Å². The third kappa shape index (κ3) is 7.35. The first-order chi connectivity index (χ1) is 8.88. The minimum atomic E-state index is -3.37. The van der Waals surface area contributed by atoms with Crippen LogP contribution in [0.1, 0.15) is 10.4 Å². The Kier molecular flexibility index (Phi) is 9.24. The van der Waals surface area contributed by atoms with Crippen LogP contribution in [0.4, 0.5) is 5.69 Å². The SMILES string of the molecule is Nc1ccc(C(=O)NC(O[P+](=O)[O-])O[P+](=O)O)cc1.[Na+]. The van der Waals surface area contributed by atoms with Crippen LogP contribution in [0.15, 0.2) is 24.3 Å². The number of anilines is 1. The molecular formula is C8H9N2NaO7P2+2. The quantitative estimate of drug-likeness (QED) is 0.216. The molecule has 0 aliphatic heterocycles. The maximum absolute atomic E-state index is 11.6. The average molecular weight is 330 g/mol. The first-order valence-corrected chi connectivity index (χ1v) is 6.91. The summed E-state index contributed by atoms with van der Waals surface area (Å²) in [5.74, 6) is -0.765. The van der Waals surface area contributed by atoms with Gasteiger partial charge in [0.1, 0.15) is 0 Å². The topological polar surface area (TPSA) is 151 Å². The first-order valence-electron chi connectivity index (χ1n) is 4.69. The minimum absolute atomic E-state index is 0. The van der Waals surface area contributed by atoms with Crippen molar-refractivity contribution in [3.63, 3.8) is 0 Å². The summed E-state index contributed by atoms with van der Waals surface area (Å²) in [4.78, 5) is 30.5. The molecule has 0 saturated carbocycles. The van der Waals surface area contributed by atoms with Gasteiger partial charge in [-0.2, -0.15) is 0 Å². The smallest absolute Gasteiger partial charge is 0.566 e. The number of nitrogens with two attached hydrogens (primary N) is 1. The zero-order valence-electron chi connectivity index (χ0n) is 10.3. The molecular weight excluding hydrogens is 321 g/mol. The fourth-order valence-electron chi connectivity index (χ4n) is 1.06. The summed E-state index contributed by atoms with van der Waals surface area (Å²) in [7, 11) is -6.53. The summed E-state index contributed by atoms with van der Waals surface area (Å²) >= 11 is 0. The van der Waals surface area contributed by atoms with Crippen LogP contribution in [-0.2, 0) is 18.2 Å². The van der Waals surface area contributed by atoms with Crippen molar-refractivity contribution < 1.29 is 62.3 Å². The van der Waals surface area contributed by atoms with Gasteiger partial charge in [0.25, 0.3) is 5.91 Å². The molecule has 0 radical (unpaired) electrons. The van der Waals surface area contributed by atoms with Gasteiger partial charge >= 0.3 is 52.5 Å². The van der Waals surface area contributed by atoms with Crippen molar-refractivity contribution in [3.05, 3.63) is 29.8 Å². The third-order valence-corrected chi connectivity index (χ3v) is 2.52. The Morgan fingerprint density at radius 2 is 1.85 bits per heavy atom. The molecule has 3 unspecified atom stereocenters. The normalized spacial score (nSPS) is 12.9. The number of nitrogens with one attached hydrogen (secondary N) is 1. The monoisotopic (exact) mass is 330 g/mol. The standard InChI is InChI=1S/C8H8N2O7P2.Na/c9-6-3-1-5(2-4-6)7(11)10-8(16-18(12)13)17-19(14)15;/h1-4,8H,(H3-,9,10,11,12,13);/q;+1/p+1. The molecule has 0 saturated heterocycles. The average Bonchev–Trinajstić information content (AvgIpc) is 2.27. The van der Waals surface area contributed by atoms with Crippen molar-refractivity contribution in [3.8, 4) is 0 Å². The van der Waals surface area contributed by atoms with Gasteiger partial charge in [-0.05, 0) is 28.8 Å². The molecule has 0 fully saturated rings. The summed E-state index contributed by atoms with van der Waals surface area (Å²) in [6.07, 6.45) is -1.89. The Labute approximate surface area is 137 Å². The second-order valence-electron chi connectivity index (χ2n) is 3.10. The molecule has 1 aromatic carbocycles. The Balaban J connectivity index is 0.00000361. The molecule has 12 heteroatoms. The molecule has 0 aromatic heterocycles. The van der Waals surface area contributed by atoms with Crippen molar-refractivity contribution in [2.75, 3.05) is 5.73 Å². The van der Waals surface area contributed by atoms with Crippen molar-refractivity contribution in [2.45, 2.75) is 6.41 Å². The third-order valence-electron chi connectivity index (χ3n) is 1.79. The van der Waals surface area contributed by atoms with Crippen LogP contribution in [0.5, 0.6) is 0 Å². The van der Waals surface area contributed by atoms with Crippen molar-refractivity contribution in [1.82, 2.24) is 5.32 Å². The van der Waals surface area contributed by atoms with Gasteiger partial charge in [-0.1, -0.05) is 9.05 Å². The van der Waals surface area contributed by atoms with Crippen LogP contribution in [-0.4, -0.2) is 17.2 Å². The molecule has 102 valence electrons. The molecule has 0 aliphatic rings. The van der Waals surface area contributed by atoms with Crippen molar-refractivity contribution in [2.24, 2.45) is 0 Å². The van der Waals surface area contributed by atoms with E-state index in [0.29, 0.717) is 5.69 Å². The zero-order chi connectivity index (χ0) is 14.4. The minimum Gasteiger partial charge on any atom is -0.566 e. The number of hydrogen-bond donors (Lipinski definition) is 3. The van der Waals surface area contributed by atoms with Crippen LogP contribution >= 0.6 is 16.5 Å². The van der Waals surface area contributed by atoms with E-state index in [1.54, 1.807) is 0 Å². The van der Waals surface area contributed by atoms with Gasteiger partial charge in [-0.15, -0.1) is 4.89 Å². The number of carbonyl (C=O) groups is 1. The van der Waals surface area contributed by atoms with Crippen LogP contribution in [0, 0.1) is 0 Å². The van der Waals surface area contributed by atoms with Crippen molar-refractivity contribution >= 4 is 28.1 Å². The fourth-order valence-corrected chi connectivity index (χ4v) is 1.64. The number of rotatable bonds is 6. The molecule has 9 nitrogen and oxygen atoms in total. The Bertz CT molecular complexity index is 482. The Hall–Kier alpha value is -0.470. The number of hydrogen-bond acceptors (Lipinski definition) is 7. The van der Waals surface area contributed by atoms with Gasteiger partial charge in [-0.3, -0.25) is 10.1 Å². The predicted molar refractivity (Wildman–Crippen MR) is 61.7 cm³/mol. The van der Waals surface area contributed by atoms with Crippen LogP contribution in [0.3, 0.4) is 0 Å². The second-order valence-corrected chi connectivity index (χ2v) is 4.44. The maximum atomic E-state index is 11.6. The predicted octanol–water partition coefficient (Wildman–Crippen LogP) is -3.01. The molecule has 1 amide bonds. The van der Waals surface area contributed by atoms with E-state index in [-0.39, 0.29) is 35.1 Å². The zero-order valence-corrected chi connectivity index (χ0v) is 14.0. The van der Waals surface area contributed by atoms with Gasteiger partial charge in [-0.25, -0.2) is 0 Å². The summed E-state index contributed by atoms with van der Waals surface area (Å²) in [5, 5.41) is 1.96. The molecule has 0 bridgehead atoms. The largest absolute Gasteiger partial charge is 1.00 e. The van der Waals surface area contributed by atoms with Gasteiger partial charge in [0.05, 0.1) is 0 Å². The summed E-state index contributed by atoms with van der Waals surface area (Å²) in [6, 6.07) is 5.65. The van der Waals surface area contributed by atoms with E-state index in [2.05, 4.69) is 9.05 Å². The molecule has 0 spiro atoms. The number of nitrogen functional groups attached to an aromatic ring is 1. The molecule has 0 heterocycles. The van der Waals surface area contributed by atoms with Gasteiger partial charge in [0.15, 0.2) is 0 Å². The maximum Gasteiger partial charge on any atom is 1.00 e. The molecule has 1 aromatic rings. The van der Waals surface area contributed by atoms with E-state index < -0.39 is 28.8 Å². The molecule has 20 heavy (non-hydrogen) atoms. The Morgan fingerprint density at radius 1 is 1.30 bits per heavy atom. The van der Waals surface area contributed by atoms with E-state index in [0.717, 1.165) is 0 Å². The number of carbonyl (C=O) groups excluding carboxylic acids is 1. The van der Waals surface area contributed by atoms with Crippen LogP contribution in [0.2, 0.25) is 0 Å². The molecule has 4 N–H and O–H groups in total. The van der Waals surface area contributed by atoms with E-state index in [9.17, 15) is 18.8 Å². The summed E-state index contributed by atoms with van der Waals surface area (Å²) < 4.78 is 29.1. The van der Waals surface area contributed by atoms with E-state index >= 15 is 0 Å². The first kappa shape index (κ1) is 19.5.